The molecule has 1 aliphatic rings. The predicted molar refractivity (Wildman–Crippen MR) is 56.4 cm³/mol. The lowest BCUT2D eigenvalue weighted by molar-refractivity contribution is -0.126. The Hall–Kier alpha value is -1.85. The third-order valence-electron chi connectivity index (χ3n) is 2.50. The second kappa shape index (κ2) is 4.78. The van der Waals surface area contributed by atoms with E-state index < -0.39 is 0 Å². The molecule has 2 heterocycles. The molecule has 1 saturated heterocycles. The molecule has 2 rings (SSSR count). The van der Waals surface area contributed by atoms with Crippen LogP contribution in [-0.4, -0.2) is 34.2 Å². The van der Waals surface area contributed by atoms with E-state index in [2.05, 4.69) is 15.7 Å². The van der Waals surface area contributed by atoms with Crippen molar-refractivity contribution in [2.75, 3.05) is 6.54 Å². The van der Waals surface area contributed by atoms with E-state index in [4.69, 9.17) is 0 Å². The fourth-order valence-electron chi connectivity index (χ4n) is 1.67. The third-order valence-corrected chi connectivity index (χ3v) is 2.50. The summed E-state index contributed by atoms with van der Waals surface area (Å²) in [4.78, 5) is 22.5. The van der Waals surface area contributed by atoms with E-state index in [-0.39, 0.29) is 24.4 Å². The molecule has 1 unspecified atom stereocenters. The first-order valence-corrected chi connectivity index (χ1v) is 5.27. The largest absolute Gasteiger partial charge is 0.354 e. The molecule has 0 bridgehead atoms. The molecule has 0 saturated carbocycles. The van der Waals surface area contributed by atoms with Gasteiger partial charge in [0.25, 0.3) is 0 Å². The Morgan fingerprint density at radius 2 is 2.56 bits per heavy atom. The summed E-state index contributed by atoms with van der Waals surface area (Å²) < 4.78 is 1.57. The lowest BCUT2D eigenvalue weighted by Gasteiger charge is -2.23. The fraction of sp³-hybridized carbons (Fsp3) is 0.500. The van der Waals surface area contributed by atoms with Crippen LogP contribution in [-0.2, 0) is 16.1 Å². The Labute approximate surface area is 93.0 Å². The van der Waals surface area contributed by atoms with Crippen LogP contribution in [0.5, 0.6) is 0 Å². The number of aromatic nitrogens is 2. The van der Waals surface area contributed by atoms with Gasteiger partial charge in [0.15, 0.2) is 0 Å². The molecule has 1 aromatic heterocycles. The van der Waals surface area contributed by atoms with Crippen molar-refractivity contribution in [3.8, 4) is 0 Å². The van der Waals surface area contributed by atoms with Crippen LogP contribution in [0.1, 0.15) is 12.8 Å². The fourth-order valence-corrected chi connectivity index (χ4v) is 1.67. The molecule has 16 heavy (non-hydrogen) atoms. The molecule has 0 spiro atoms. The minimum Gasteiger partial charge on any atom is -0.354 e. The first-order valence-electron chi connectivity index (χ1n) is 5.27. The van der Waals surface area contributed by atoms with E-state index in [9.17, 15) is 9.59 Å². The number of carbonyl (C=O) groups excluding carboxylic acids is 2. The first kappa shape index (κ1) is 10.7. The van der Waals surface area contributed by atoms with Gasteiger partial charge in [-0.3, -0.25) is 14.3 Å². The Balaban J connectivity index is 1.77. The van der Waals surface area contributed by atoms with Crippen molar-refractivity contribution in [3.05, 3.63) is 18.5 Å². The zero-order chi connectivity index (χ0) is 11.4. The van der Waals surface area contributed by atoms with Crippen LogP contribution in [0.4, 0.5) is 0 Å². The summed E-state index contributed by atoms with van der Waals surface area (Å²) in [6.45, 7) is 0.737. The SMILES string of the molecule is O=C1CCC(NC(=O)Cn2cccn2)CN1. The molecule has 6 nitrogen and oxygen atoms in total. The molecule has 2 amide bonds. The summed E-state index contributed by atoms with van der Waals surface area (Å²) in [7, 11) is 0. The van der Waals surface area contributed by atoms with Gasteiger partial charge in [-0.15, -0.1) is 0 Å². The van der Waals surface area contributed by atoms with Crippen LogP contribution in [0.3, 0.4) is 0 Å². The van der Waals surface area contributed by atoms with Crippen LogP contribution in [0.2, 0.25) is 0 Å². The second-order valence-corrected chi connectivity index (χ2v) is 3.81. The summed E-state index contributed by atoms with van der Waals surface area (Å²) >= 11 is 0. The average molecular weight is 222 g/mol. The maximum absolute atomic E-state index is 11.6. The summed E-state index contributed by atoms with van der Waals surface area (Å²) in [6, 6.07) is 1.81. The van der Waals surface area contributed by atoms with E-state index in [1.165, 1.54) is 0 Å². The van der Waals surface area contributed by atoms with Gasteiger partial charge in [-0.1, -0.05) is 0 Å². The summed E-state index contributed by atoms with van der Waals surface area (Å²) in [5.41, 5.74) is 0. The van der Waals surface area contributed by atoms with Gasteiger partial charge in [-0.2, -0.15) is 5.10 Å². The topological polar surface area (TPSA) is 76.0 Å². The van der Waals surface area contributed by atoms with Gasteiger partial charge in [-0.05, 0) is 12.5 Å². The Morgan fingerprint density at radius 3 is 3.19 bits per heavy atom. The zero-order valence-corrected chi connectivity index (χ0v) is 8.85. The van der Waals surface area contributed by atoms with Crippen LogP contribution < -0.4 is 10.6 Å². The number of piperidine rings is 1. The Bertz CT molecular complexity index is 364. The molecule has 1 atom stereocenters. The molecule has 1 aromatic rings. The molecule has 0 radical (unpaired) electrons. The van der Waals surface area contributed by atoms with Gasteiger partial charge in [-0.25, -0.2) is 0 Å². The molecule has 1 aliphatic heterocycles. The lowest BCUT2D eigenvalue weighted by atomic mass is 10.1. The molecular weight excluding hydrogens is 208 g/mol. The lowest BCUT2D eigenvalue weighted by Crippen LogP contribution is -2.48. The number of rotatable bonds is 3. The van der Waals surface area contributed by atoms with Crippen molar-refractivity contribution >= 4 is 11.8 Å². The Kier molecular flexibility index (Phi) is 3.19. The highest BCUT2D eigenvalue weighted by atomic mass is 16.2. The second-order valence-electron chi connectivity index (χ2n) is 3.81. The molecule has 1 fully saturated rings. The van der Waals surface area contributed by atoms with Crippen molar-refractivity contribution in [1.82, 2.24) is 20.4 Å². The van der Waals surface area contributed by atoms with E-state index in [0.29, 0.717) is 19.4 Å². The van der Waals surface area contributed by atoms with Gasteiger partial charge in [0, 0.05) is 31.4 Å². The minimum absolute atomic E-state index is 0.0424. The van der Waals surface area contributed by atoms with Crippen molar-refractivity contribution in [2.45, 2.75) is 25.4 Å². The highest BCUT2D eigenvalue weighted by molar-refractivity contribution is 5.78. The number of amides is 2. The van der Waals surface area contributed by atoms with Gasteiger partial charge >= 0.3 is 0 Å². The van der Waals surface area contributed by atoms with Crippen LogP contribution in [0, 0.1) is 0 Å². The summed E-state index contributed by atoms with van der Waals surface area (Å²) in [5, 5.41) is 9.53. The number of nitrogens with one attached hydrogen (secondary N) is 2. The molecule has 0 aliphatic carbocycles. The van der Waals surface area contributed by atoms with Gasteiger partial charge < -0.3 is 10.6 Å². The van der Waals surface area contributed by atoms with Crippen molar-refractivity contribution in [1.29, 1.82) is 0 Å². The van der Waals surface area contributed by atoms with E-state index in [0.717, 1.165) is 0 Å². The van der Waals surface area contributed by atoms with Gasteiger partial charge in [0.2, 0.25) is 11.8 Å². The summed E-state index contributed by atoms with van der Waals surface area (Å²) in [6.07, 6.45) is 4.56. The third kappa shape index (κ3) is 2.82. The van der Waals surface area contributed by atoms with Gasteiger partial charge in [0.05, 0.1) is 0 Å². The van der Waals surface area contributed by atoms with Crippen LogP contribution in [0.15, 0.2) is 18.5 Å². The number of hydrogen-bond acceptors (Lipinski definition) is 3. The number of hydrogen-bond donors (Lipinski definition) is 2. The van der Waals surface area contributed by atoms with Crippen molar-refractivity contribution in [2.24, 2.45) is 0 Å². The standard InChI is InChI=1S/C10H14N4O2/c15-9-3-2-8(6-11-9)13-10(16)7-14-5-1-4-12-14/h1,4-5,8H,2-3,6-7H2,(H,11,15)(H,13,16). The number of nitrogens with zero attached hydrogens (tertiary/aromatic N) is 2. The predicted octanol–water partition coefficient (Wildman–Crippen LogP) is -0.722. The number of carbonyl (C=O) groups is 2. The normalized spacial score (nSPS) is 20.2. The van der Waals surface area contributed by atoms with Crippen molar-refractivity contribution < 1.29 is 9.59 Å². The van der Waals surface area contributed by atoms with Crippen molar-refractivity contribution in [3.63, 3.8) is 0 Å². The quantitative estimate of drug-likeness (QED) is 0.708. The van der Waals surface area contributed by atoms with E-state index >= 15 is 0 Å². The smallest absolute Gasteiger partial charge is 0.242 e. The molecule has 6 heteroatoms. The highest BCUT2D eigenvalue weighted by Gasteiger charge is 2.19. The van der Waals surface area contributed by atoms with Crippen LogP contribution in [0.25, 0.3) is 0 Å². The molecule has 0 aromatic carbocycles. The molecule has 2 N–H and O–H groups in total. The average Bonchev–Trinajstić information content (AvgIpc) is 2.74. The molecule has 86 valence electrons. The van der Waals surface area contributed by atoms with E-state index in [1.807, 2.05) is 0 Å². The maximum atomic E-state index is 11.6. The van der Waals surface area contributed by atoms with Crippen LogP contribution >= 0.6 is 0 Å². The van der Waals surface area contributed by atoms with E-state index in [1.54, 1.807) is 23.1 Å². The zero-order valence-electron chi connectivity index (χ0n) is 8.85. The Morgan fingerprint density at radius 1 is 1.69 bits per heavy atom. The monoisotopic (exact) mass is 222 g/mol. The highest BCUT2D eigenvalue weighted by Crippen LogP contribution is 2.02. The summed E-state index contributed by atoms with van der Waals surface area (Å²) in [5.74, 6) is -0.0255. The minimum atomic E-state index is -0.0788. The van der Waals surface area contributed by atoms with Gasteiger partial charge in [0.1, 0.15) is 6.54 Å². The molecular formula is C10H14N4O2. The first-order chi connectivity index (χ1) is 7.74. The maximum Gasteiger partial charge on any atom is 0.242 e.